The molecular weight excluding hydrogens is 436 g/mol. The van der Waals surface area contributed by atoms with Crippen LogP contribution in [-0.4, -0.2) is 81.8 Å². The Bertz CT molecular complexity index is 849. The number of aliphatic hydroxyl groups excluding tert-OH is 1. The Kier molecular flexibility index (Phi) is 7.01. The van der Waals surface area contributed by atoms with Crippen LogP contribution in [0.2, 0.25) is 0 Å². The van der Waals surface area contributed by atoms with Crippen molar-refractivity contribution in [3.05, 3.63) is 12.7 Å². The van der Waals surface area contributed by atoms with Gasteiger partial charge in [-0.3, -0.25) is 14.4 Å². The Labute approximate surface area is 203 Å². The summed E-state index contributed by atoms with van der Waals surface area (Å²) in [6.07, 6.45) is 3.49. The molecule has 3 aliphatic rings. The van der Waals surface area contributed by atoms with E-state index in [0.29, 0.717) is 19.4 Å². The van der Waals surface area contributed by atoms with Crippen molar-refractivity contribution in [1.82, 2.24) is 9.80 Å². The van der Waals surface area contributed by atoms with Crippen molar-refractivity contribution >= 4 is 17.8 Å². The molecule has 192 valence electrons. The molecule has 5 atom stereocenters. The van der Waals surface area contributed by atoms with Crippen LogP contribution in [0, 0.1) is 17.3 Å². The summed E-state index contributed by atoms with van der Waals surface area (Å²) in [5.74, 6) is -2.59. The molecule has 3 saturated heterocycles. The van der Waals surface area contributed by atoms with Gasteiger partial charge in [0.15, 0.2) is 0 Å². The fraction of sp³-hybridized carbons (Fsp3) is 0.808. The minimum absolute atomic E-state index is 0.00470. The van der Waals surface area contributed by atoms with Crippen molar-refractivity contribution in [2.75, 3.05) is 26.3 Å². The Morgan fingerprint density at radius 1 is 1.29 bits per heavy atom. The van der Waals surface area contributed by atoms with Gasteiger partial charge >= 0.3 is 5.97 Å². The van der Waals surface area contributed by atoms with E-state index in [4.69, 9.17) is 9.47 Å². The van der Waals surface area contributed by atoms with E-state index < -0.39 is 40.6 Å². The molecule has 0 radical (unpaired) electrons. The largest absolute Gasteiger partial charge is 0.466 e. The first kappa shape index (κ1) is 26.7. The van der Waals surface area contributed by atoms with Crippen molar-refractivity contribution in [2.45, 2.75) is 90.5 Å². The van der Waals surface area contributed by atoms with Crippen molar-refractivity contribution in [2.24, 2.45) is 17.3 Å². The van der Waals surface area contributed by atoms with Crippen LogP contribution in [0.4, 0.5) is 0 Å². The Hall–Kier alpha value is -1.93. The van der Waals surface area contributed by atoms with E-state index in [1.54, 1.807) is 17.9 Å². The molecule has 3 aliphatic heterocycles. The number of hydrogen-bond donors (Lipinski definition) is 1. The van der Waals surface area contributed by atoms with Crippen molar-refractivity contribution in [1.29, 1.82) is 0 Å². The predicted molar refractivity (Wildman–Crippen MR) is 128 cm³/mol. The number of likely N-dealkylation sites (tertiary alicyclic amines) is 1. The molecule has 1 spiro atoms. The van der Waals surface area contributed by atoms with Crippen LogP contribution in [0.5, 0.6) is 0 Å². The van der Waals surface area contributed by atoms with E-state index in [2.05, 4.69) is 27.4 Å². The van der Waals surface area contributed by atoms with Crippen LogP contribution < -0.4 is 0 Å². The quantitative estimate of drug-likeness (QED) is 0.404. The Morgan fingerprint density at radius 3 is 2.47 bits per heavy atom. The average molecular weight is 479 g/mol. The molecule has 8 nitrogen and oxygen atoms in total. The molecule has 0 aromatic rings. The highest BCUT2D eigenvalue weighted by molar-refractivity contribution is 5.98. The number of aliphatic hydroxyl groups is 1. The second-order valence-corrected chi connectivity index (χ2v) is 12.0. The minimum atomic E-state index is -1.12. The third-order valence-corrected chi connectivity index (χ3v) is 7.66. The first-order valence-electron chi connectivity index (χ1n) is 12.4. The second kappa shape index (κ2) is 8.94. The fourth-order valence-electron chi connectivity index (χ4n) is 6.95. The first-order valence-corrected chi connectivity index (χ1v) is 12.4. The second-order valence-electron chi connectivity index (χ2n) is 12.0. The molecule has 3 rings (SSSR count). The summed E-state index contributed by atoms with van der Waals surface area (Å²) in [7, 11) is 0. The normalized spacial score (nSPS) is 32.6. The number of nitrogens with zero attached hydrogens (tertiary/aromatic N) is 2. The summed E-state index contributed by atoms with van der Waals surface area (Å²) in [5, 5.41) is 9.77. The van der Waals surface area contributed by atoms with E-state index in [1.807, 2.05) is 20.8 Å². The van der Waals surface area contributed by atoms with Gasteiger partial charge in [0.1, 0.15) is 17.6 Å². The molecular formula is C26H42N2O6. The van der Waals surface area contributed by atoms with Crippen LogP contribution >= 0.6 is 0 Å². The lowest BCUT2D eigenvalue weighted by molar-refractivity contribution is -0.161. The third kappa shape index (κ3) is 4.17. The smallest absolute Gasteiger partial charge is 0.312 e. The number of hydrogen-bond acceptors (Lipinski definition) is 6. The third-order valence-electron chi connectivity index (χ3n) is 7.66. The first-order chi connectivity index (χ1) is 15.7. The monoisotopic (exact) mass is 478 g/mol. The molecule has 3 fully saturated rings. The summed E-state index contributed by atoms with van der Waals surface area (Å²) in [4.78, 5) is 44.3. The van der Waals surface area contributed by atoms with Crippen LogP contribution in [0.25, 0.3) is 0 Å². The van der Waals surface area contributed by atoms with E-state index in [-0.39, 0.29) is 37.0 Å². The maximum atomic E-state index is 14.3. The topological polar surface area (TPSA) is 96.4 Å². The van der Waals surface area contributed by atoms with Gasteiger partial charge in [-0.1, -0.05) is 26.8 Å². The predicted octanol–water partition coefficient (Wildman–Crippen LogP) is 2.54. The highest BCUT2D eigenvalue weighted by Crippen LogP contribution is 2.63. The van der Waals surface area contributed by atoms with Gasteiger partial charge in [0.05, 0.1) is 24.7 Å². The Morgan fingerprint density at radius 2 is 1.94 bits per heavy atom. The number of fused-ring (bicyclic) bond motifs is 1. The lowest BCUT2D eigenvalue weighted by atomic mass is 9.66. The minimum Gasteiger partial charge on any atom is -0.466 e. The molecule has 2 unspecified atom stereocenters. The molecule has 3 heterocycles. The molecule has 0 aliphatic carbocycles. The van der Waals surface area contributed by atoms with Gasteiger partial charge in [-0.15, -0.1) is 6.58 Å². The number of rotatable bonds is 9. The number of esters is 1. The fourth-order valence-corrected chi connectivity index (χ4v) is 6.95. The van der Waals surface area contributed by atoms with Crippen LogP contribution in [-0.2, 0) is 23.9 Å². The van der Waals surface area contributed by atoms with Crippen LogP contribution in [0.3, 0.4) is 0 Å². The van der Waals surface area contributed by atoms with Crippen LogP contribution in [0.15, 0.2) is 12.7 Å². The van der Waals surface area contributed by atoms with Crippen LogP contribution in [0.1, 0.15) is 67.7 Å². The lowest BCUT2D eigenvalue weighted by Gasteiger charge is -2.45. The lowest BCUT2D eigenvalue weighted by Crippen LogP contribution is -2.61. The maximum Gasteiger partial charge on any atom is 0.312 e. The van der Waals surface area contributed by atoms with Gasteiger partial charge < -0.3 is 24.4 Å². The molecule has 8 heteroatoms. The molecule has 1 N–H and O–H groups in total. The SMILES string of the molecule is C=CCN(C(=O)C1N(CCO)C(=O)[C@@H]2[C@H](C(=O)OCC)[C@]3(C)CCC12O3)C(C)(C)CC(C)(C)C. The highest BCUT2D eigenvalue weighted by atomic mass is 16.6. The zero-order valence-electron chi connectivity index (χ0n) is 21.8. The number of ether oxygens (including phenoxy) is 2. The maximum absolute atomic E-state index is 14.3. The zero-order valence-corrected chi connectivity index (χ0v) is 21.8. The number of amides is 2. The van der Waals surface area contributed by atoms with E-state index >= 15 is 0 Å². The van der Waals surface area contributed by atoms with Gasteiger partial charge in [-0.2, -0.15) is 0 Å². The van der Waals surface area contributed by atoms with E-state index in [9.17, 15) is 19.5 Å². The van der Waals surface area contributed by atoms with Crippen molar-refractivity contribution < 1.29 is 29.0 Å². The molecule has 34 heavy (non-hydrogen) atoms. The summed E-state index contributed by atoms with van der Waals surface area (Å²) in [6.45, 7) is 18.1. The van der Waals surface area contributed by atoms with Gasteiger partial charge in [-0.25, -0.2) is 0 Å². The van der Waals surface area contributed by atoms with Gasteiger partial charge in [0, 0.05) is 18.6 Å². The van der Waals surface area contributed by atoms with Gasteiger partial charge in [-0.05, 0) is 52.4 Å². The van der Waals surface area contributed by atoms with E-state index in [0.717, 1.165) is 6.42 Å². The number of carbonyl (C=O) groups is 3. The van der Waals surface area contributed by atoms with E-state index in [1.165, 1.54) is 4.90 Å². The van der Waals surface area contributed by atoms with Crippen molar-refractivity contribution in [3.8, 4) is 0 Å². The molecule has 0 aromatic carbocycles. The Balaban J connectivity index is 2.08. The zero-order chi connectivity index (χ0) is 25.7. The highest BCUT2D eigenvalue weighted by Gasteiger charge is 2.78. The van der Waals surface area contributed by atoms with Gasteiger partial charge in [0.25, 0.3) is 0 Å². The summed E-state index contributed by atoms with van der Waals surface area (Å²) >= 11 is 0. The molecule has 0 saturated carbocycles. The number of β-amino-alcohol motifs (C(OH)–C–C–N with tert-alkyl or cyclic N) is 1. The summed E-state index contributed by atoms with van der Waals surface area (Å²) in [6, 6.07) is -0.919. The molecule has 0 aromatic heterocycles. The summed E-state index contributed by atoms with van der Waals surface area (Å²) in [5.41, 5.74) is -2.54. The summed E-state index contributed by atoms with van der Waals surface area (Å²) < 4.78 is 11.9. The van der Waals surface area contributed by atoms with Crippen molar-refractivity contribution in [3.63, 3.8) is 0 Å². The number of carbonyl (C=O) groups excluding carboxylic acids is 3. The molecule has 2 bridgehead atoms. The van der Waals surface area contributed by atoms with Gasteiger partial charge in [0.2, 0.25) is 11.8 Å². The average Bonchev–Trinajstić information content (AvgIpc) is 3.25. The standard InChI is InChI=1S/C26H42N2O6/c1-9-13-28(24(6,7)16-23(3,4)5)21(31)19-26-12-11-25(8,34-26)18(22(32)33-10-2)17(26)20(30)27(19)14-15-29/h9,17-19,29H,1,10-16H2,2-8H3/t17-,18+,19?,25-,26?/m0/s1. The molecule has 2 amide bonds.